The Kier molecular flexibility index (Phi) is 4.95. The molecule has 1 atom stereocenters. The molecule has 106 valence electrons. The van der Waals surface area contributed by atoms with Gasteiger partial charge in [-0.05, 0) is 42.8 Å². The number of rotatable bonds is 5. The molecule has 20 heavy (non-hydrogen) atoms. The van der Waals surface area contributed by atoms with E-state index in [-0.39, 0.29) is 11.8 Å². The van der Waals surface area contributed by atoms with Crippen molar-refractivity contribution in [3.8, 4) is 5.75 Å². The second-order valence-electron chi connectivity index (χ2n) is 4.33. The molecule has 0 radical (unpaired) electrons. The first-order valence-electron chi connectivity index (χ1n) is 6.11. The van der Waals surface area contributed by atoms with Crippen LogP contribution in [0.1, 0.15) is 18.5 Å². The first-order valence-corrected chi connectivity index (χ1v) is 6.91. The maximum Gasteiger partial charge on any atom is 0.387 e. The van der Waals surface area contributed by atoms with E-state index < -0.39 is 6.61 Å². The van der Waals surface area contributed by atoms with E-state index in [2.05, 4.69) is 26.0 Å². The van der Waals surface area contributed by atoms with Crippen molar-refractivity contribution in [2.24, 2.45) is 0 Å². The quantitative estimate of drug-likeness (QED) is 0.804. The lowest BCUT2D eigenvalue weighted by Crippen LogP contribution is -2.07. The van der Waals surface area contributed by atoms with E-state index in [0.717, 1.165) is 15.7 Å². The number of halogens is 3. The molecule has 0 aromatic heterocycles. The Labute approximate surface area is 124 Å². The molecule has 0 aliphatic heterocycles. The fourth-order valence-electron chi connectivity index (χ4n) is 1.87. The minimum absolute atomic E-state index is 0.0227. The summed E-state index contributed by atoms with van der Waals surface area (Å²) in [6, 6.07) is 14.4. The molecule has 5 heteroatoms. The molecule has 2 aromatic rings. The lowest BCUT2D eigenvalue weighted by atomic mass is 10.1. The van der Waals surface area contributed by atoms with Crippen molar-refractivity contribution < 1.29 is 13.5 Å². The maximum absolute atomic E-state index is 12.2. The fourth-order valence-corrected chi connectivity index (χ4v) is 2.27. The summed E-state index contributed by atoms with van der Waals surface area (Å²) in [5, 5.41) is 3.31. The van der Waals surface area contributed by atoms with Crippen molar-refractivity contribution >= 4 is 21.6 Å². The van der Waals surface area contributed by atoms with Gasteiger partial charge in [-0.1, -0.05) is 34.1 Å². The number of alkyl halides is 2. The van der Waals surface area contributed by atoms with E-state index in [1.165, 1.54) is 6.07 Å². The molecule has 2 nitrogen and oxygen atoms in total. The Morgan fingerprint density at radius 3 is 2.55 bits per heavy atom. The van der Waals surface area contributed by atoms with E-state index >= 15 is 0 Å². The highest BCUT2D eigenvalue weighted by atomic mass is 79.9. The molecular formula is C15H14BrF2NO. The normalized spacial score (nSPS) is 12.2. The van der Waals surface area contributed by atoms with Gasteiger partial charge in [-0.15, -0.1) is 0 Å². The van der Waals surface area contributed by atoms with Crippen LogP contribution in [0.2, 0.25) is 0 Å². The van der Waals surface area contributed by atoms with Gasteiger partial charge < -0.3 is 10.1 Å². The molecule has 2 aromatic carbocycles. The number of ether oxygens (including phenoxy) is 1. The maximum atomic E-state index is 12.2. The Morgan fingerprint density at radius 1 is 1.10 bits per heavy atom. The summed E-state index contributed by atoms with van der Waals surface area (Å²) in [5.41, 5.74) is 1.83. The molecule has 0 saturated heterocycles. The molecule has 1 unspecified atom stereocenters. The summed E-state index contributed by atoms with van der Waals surface area (Å²) in [7, 11) is 0. The Balaban J connectivity index is 2.10. The Morgan fingerprint density at radius 2 is 1.85 bits per heavy atom. The zero-order chi connectivity index (χ0) is 14.5. The van der Waals surface area contributed by atoms with E-state index in [4.69, 9.17) is 0 Å². The highest BCUT2D eigenvalue weighted by Crippen LogP contribution is 2.25. The number of anilines is 1. The Hall–Kier alpha value is -1.62. The molecule has 0 aliphatic carbocycles. The summed E-state index contributed by atoms with van der Waals surface area (Å²) < 4.78 is 29.8. The van der Waals surface area contributed by atoms with Crippen LogP contribution in [0.25, 0.3) is 0 Å². The molecule has 0 heterocycles. The van der Waals surface area contributed by atoms with E-state index in [0.29, 0.717) is 0 Å². The van der Waals surface area contributed by atoms with Gasteiger partial charge in [0.1, 0.15) is 5.75 Å². The molecule has 0 aliphatic rings. The predicted octanol–water partition coefficient (Wildman–Crippen LogP) is 5.22. The zero-order valence-corrected chi connectivity index (χ0v) is 12.4. The van der Waals surface area contributed by atoms with Crippen molar-refractivity contribution in [1.29, 1.82) is 0 Å². The van der Waals surface area contributed by atoms with Gasteiger partial charge in [0.25, 0.3) is 0 Å². The molecular weight excluding hydrogens is 328 g/mol. The van der Waals surface area contributed by atoms with Gasteiger partial charge in [0.15, 0.2) is 0 Å². The van der Waals surface area contributed by atoms with Crippen LogP contribution in [0.5, 0.6) is 5.75 Å². The third-order valence-electron chi connectivity index (χ3n) is 2.79. The van der Waals surface area contributed by atoms with Crippen molar-refractivity contribution in [3.63, 3.8) is 0 Å². The number of nitrogens with one attached hydrogen (secondary N) is 1. The van der Waals surface area contributed by atoms with Crippen LogP contribution in [0.4, 0.5) is 14.5 Å². The van der Waals surface area contributed by atoms with Crippen molar-refractivity contribution in [2.75, 3.05) is 5.32 Å². The van der Waals surface area contributed by atoms with E-state index in [1.807, 2.05) is 37.3 Å². The molecule has 0 amide bonds. The van der Waals surface area contributed by atoms with Gasteiger partial charge in [-0.25, -0.2) is 0 Å². The monoisotopic (exact) mass is 341 g/mol. The highest BCUT2D eigenvalue weighted by molar-refractivity contribution is 9.10. The average molecular weight is 342 g/mol. The number of benzene rings is 2. The molecule has 0 bridgehead atoms. The van der Waals surface area contributed by atoms with Crippen LogP contribution in [-0.2, 0) is 0 Å². The molecule has 2 rings (SSSR count). The van der Waals surface area contributed by atoms with Gasteiger partial charge in [0.05, 0.1) is 0 Å². The van der Waals surface area contributed by atoms with Crippen LogP contribution in [0.3, 0.4) is 0 Å². The van der Waals surface area contributed by atoms with Crippen LogP contribution in [0.15, 0.2) is 53.0 Å². The fraction of sp³-hybridized carbons (Fsp3) is 0.200. The largest absolute Gasteiger partial charge is 0.435 e. The summed E-state index contributed by atoms with van der Waals surface area (Å²) in [6.07, 6.45) is 0. The average Bonchev–Trinajstić information content (AvgIpc) is 2.38. The Bertz CT molecular complexity index is 577. The lowest BCUT2D eigenvalue weighted by Gasteiger charge is -2.17. The summed E-state index contributed by atoms with van der Waals surface area (Å²) in [6.45, 7) is -0.846. The van der Waals surface area contributed by atoms with Crippen LogP contribution < -0.4 is 10.1 Å². The van der Waals surface area contributed by atoms with Gasteiger partial charge in [-0.3, -0.25) is 0 Å². The topological polar surface area (TPSA) is 21.3 Å². The van der Waals surface area contributed by atoms with Crippen LogP contribution in [-0.4, -0.2) is 6.61 Å². The second kappa shape index (κ2) is 6.70. The van der Waals surface area contributed by atoms with E-state index in [1.54, 1.807) is 12.1 Å². The lowest BCUT2D eigenvalue weighted by molar-refractivity contribution is -0.0498. The first kappa shape index (κ1) is 14.8. The summed E-state index contributed by atoms with van der Waals surface area (Å²) in [5.74, 6) is 0.167. The standard InChI is InChI=1S/C15H14BrF2NO/c1-10(19-13-6-3-5-12(16)9-13)11-4-2-7-14(8-11)20-15(17)18/h2-10,15,19H,1H3. The molecule has 0 saturated carbocycles. The first-order chi connectivity index (χ1) is 9.54. The summed E-state index contributed by atoms with van der Waals surface area (Å²) >= 11 is 3.40. The minimum Gasteiger partial charge on any atom is -0.435 e. The minimum atomic E-state index is -2.81. The van der Waals surface area contributed by atoms with Gasteiger partial charge in [0.2, 0.25) is 0 Å². The molecule has 1 N–H and O–H groups in total. The van der Waals surface area contributed by atoms with Gasteiger partial charge >= 0.3 is 6.61 Å². The highest BCUT2D eigenvalue weighted by Gasteiger charge is 2.09. The second-order valence-corrected chi connectivity index (χ2v) is 5.24. The predicted molar refractivity (Wildman–Crippen MR) is 79.3 cm³/mol. The molecule has 0 fully saturated rings. The van der Waals surface area contributed by atoms with Crippen LogP contribution in [0, 0.1) is 0 Å². The SMILES string of the molecule is CC(Nc1cccc(Br)c1)c1cccc(OC(F)F)c1. The summed E-state index contributed by atoms with van der Waals surface area (Å²) in [4.78, 5) is 0. The third kappa shape index (κ3) is 4.20. The van der Waals surface area contributed by atoms with Crippen molar-refractivity contribution in [1.82, 2.24) is 0 Å². The smallest absolute Gasteiger partial charge is 0.387 e. The molecule has 0 spiro atoms. The van der Waals surface area contributed by atoms with Gasteiger partial charge in [-0.2, -0.15) is 8.78 Å². The zero-order valence-electron chi connectivity index (χ0n) is 10.8. The van der Waals surface area contributed by atoms with Crippen LogP contribution >= 0.6 is 15.9 Å². The van der Waals surface area contributed by atoms with E-state index in [9.17, 15) is 8.78 Å². The number of hydrogen-bond acceptors (Lipinski definition) is 2. The van der Waals surface area contributed by atoms with Crippen molar-refractivity contribution in [2.45, 2.75) is 19.6 Å². The third-order valence-corrected chi connectivity index (χ3v) is 3.28. The van der Waals surface area contributed by atoms with Gasteiger partial charge in [0, 0.05) is 16.2 Å². The number of hydrogen-bond donors (Lipinski definition) is 1. The van der Waals surface area contributed by atoms with Crippen molar-refractivity contribution in [3.05, 3.63) is 58.6 Å².